The van der Waals surface area contributed by atoms with Crippen LogP contribution in [0.4, 0.5) is 0 Å². The van der Waals surface area contributed by atoms with E-state index in [1.807, 2.05) is 0 Å². The predicted molar refractivity (Wildman–Crippen MR) is 39.6 cm³/mol. The van der Waals surface area contributed by atoms with Crippen LogP contribution >= 0.6 is 0 Å². The molecule has 0 aromatic heterocycles. The van der Waals surface area contributed by atoms with Gasteiger partial charge in [0.2, 0.25) is 0 Å². The van der Waals surface area contributed by atoms with Gasteiger partial charge in [0.25, 0.3) is 0 Å². The van der Waals surface area contributed by atoms with E-state index in [1.165, 1.54) is 0 Å². The maximum Gasteiger partial charge on any atom is 0.136 e. The molecule has 2 rings (SSSR count). The number of carbonyl (C=O) groups excluding carboxylic acids is 1. The minimum absolute atomic E-state index is 0.0382. The van der Waals surface area contributed by atoms with Gasteiger partial charge in [-0.25, -0.2) is 0 Å². The average Bonchev–Trinajstić information content (AvgIpc) is 2.38. The second-order valence-electron chi connectivity index (χ2n) is 4.12. The fraction of sp³-hybridized carbons (Fsp3) is 0.778. The molecule has 2 bridgehead atoms. The van der Waals surface area contributed by atoms with E-state index in [-0.39, 0.29) is 17.3 Å². The van der Waals surface area contributed by atoms with Crippen molar-refractivity contribution in [2.75, 3.05) is 0 Å². The normalized spacial score (nSPS) is 47.8. The van der Waals surface area contributed by atoms with Crippen molar-refractivity contribution in [1.29, 1.82) is 5.26 Å². The van der Waals surface area contributed by atoms with E-state index < -0.39 is 0 Å². The number of carbonyl (C=O) groups is 1. The maximum atomic E-state index is 11.2. The summed E-state index contributed by atoms with van der Waals surface area (Å²) in [6, 6.07) is 2.30. The first kappa shape index (κ1) is 6.84. The quantitative estimate of drug-likeness (QED) is 0.524. The molecule has 0 N–H and O–H groups in total. The molecule has 0 unspecified atom stereocenters. The van der Waals surface area contributed by atoms with Crippen molar-refractivity contribution in [3.63, 3.8) is 0 Å². The fourth-order valence-electron chi connectivity index (χ4n) is 2.55. The molecule has 0 aliphatic heterocycles. The zero-order valence-corrected chi connectivity index (χ0v) is 6.63. The van der Waals surface area contributed by atoms with Crippen LogP contribution in [0.5, 0.6) is 0 Å². The lowest BCUT2D eigenvalue weighted by Crippen LogP contribution is -2.24. The third-order valence-corrected chi connectivity index (χ3v) is 3.26. The van der Waals surface area contributed by atoms with Gasteiger partial charge in [0.05, 0.1) is 12.0 Å². The second-order valence-corrected chi connectivity index (χ2v) is 4.12. The molecule has 0 aromatic carbocycles. The van der Waals surface area contributed by atoms with Crippen LogP contribution in [-0.2, 0) is 4.79 Å². The summed E-state index contributed by atoms with van der Waals surface area (Å²) in [4.78, 5) is 11.2. The summed E-state index contributed by atoms with van der Waals surface area (Å²) in [5.41, 5.74) is 0.0382. The van der Waals surface area contributed by atoms with Crippen molar-refractivity contribution in [1.82, 2.24) is 0 Å². The highest BCUT2D eigenvalue weighted by atomic mass is 16.1. The number of nitriles is 1. The highest BCUT2D eigenvalue weighted by molar-refractivity contribution is 5.85. The van der Waals surface area contributed by atoms with E-state index in [0.717, 1.165) is 12.8 Å². The van der Waals surface area contributed by atoms with E-state index in [2.05, 4.69) is 13.0 Å². The Balaban J connectivity index is 2.30. The number of ketones is 1. The Morgan fingerprint density at radius 3 is 2.82 bits per heavy atom. The van der Waals surface area contributed by atoms with Crippen molar-refractivity contribution in [3.05, 3.63) is 0 Å². The molecule has 58 valence electrons. The van der Waals surface area contributed by atoms with Crippen molar-refractivity contribution < 1.29 is 4.79 Å². The number of rotatable bonds is 0. The van der Waals surface area contributed by atoms with Crippen LogP contribution in [0, 0.1) is 28.6 Å². The van der Waals surface area contributed by atoms with Crippen molar-refractivity contribution in [2.45, 2.75) is 26.2 Å². The van der Waals surface area contributed by atoms with Crippen LogP contribution in [0.1, 0.15) is 26.2 Å². The van der Waals surface area contributed by atoms with Gasteiger partial charge in [-0.3, -0.25) is 4.79 Å². The Bertz CT molecular complexity index is 253. The third-order valence-electron chi connectivity index (χ3n) is 3.26. The summed E-state index contributed by atoms with van der Waals surface area (Å²) < 4.78 is 0. The van der Waals surface area contributed by atoms with Gasteiger partial charge in [-0.15, -0.1) is 0 Å². The Morgan fingerprint density at radius 2 is 2.45 bits per heavy atom. The third kappa shape index (κ3) is 0.742. The number of hydrogen-bond acceptors (Lipinski definition) is 2. The van der Waals surface area contributed by atoms with Gasteiger partial charge in [0.15, 0.2) is 0 Å². The Hall–Kier alpha value is -0.840. The lowest BCUT2D eigenvalue weighted by Gasteiger charge is -2.24. The van der Waals surface area contributed by atoms with Crippen LogP contribution in [0.25, 0.3) is 0 Å². The van der Waals surface area contributed by atoms with Gasteiger partial charge in [-0.05, 0) is 18.3 Å². The topological polar surface area (TPSA) is 40.9 Å². The summed E-state index contributed by atoms with van der Waals surface area (Å²) in [6.45, 7) is 2.08. The van der Waals surface area contributed by atoms with Crippen molar-refractivity contribution >= 4 is 5.78 Å². The molecule has 0 spiro atoms. The van der Waals surface area contributed by atoms with Crippen LogP contribution < -0.4 is 0 Å². The predicted octanol–water partition coefficient (Wildman–Crippen LogP) is 1.52. The molecule has 2 heteroatoms. The first-order chi connectivity index (χ1) is 5.15. The van der Waals surface area contributed by atoms with Gasteiger partial charge < -0.3 is 0 Å². The highest BCUT2D eigenvalue weighted by Crippen LogP contribution is 2.55. The zero-order valence-electron chi connectivity index (χ0n) is 6.63. The van der Waals surface area contributed by atoms with E-state index in [4.69, 9.17) is 5.26 Å². The lowest BCUT2D eigenvalue weighted by molar-refractivity contribution is -0.122. The van der Waals surface area contributed by atoms with Crippen molar-refractivity contribution in [2.24, 2.45) is 17.3 Å². The number of hydrogen-bond donors (Lipinski definition) is 0. The minimum Gasteiger partial charge on any atom is -0.299 e. The molecule has 0 radical (unpaired) electrons. The lowest BCUT2D eigenvalue weighted by atomic mass is 9.77. The van der Waals surface area contributed by atoms with E-state index in [1.54, 1.807) is 0 Å². The van der Waals surface area contributed by atoms with Gasteiger partial charge in [-0.2, -0.15) is 5.26 Å². The number of fused-ring (bicyclic) bond motifs is 2. The molecule has 0 saturated heterocycles. The number of nitrogens with zero attached hydrogens (tertiary/aromatic N) is 1. The van der Waals surface area contributed by atoms with Crippen molar-refractivity contribution in [3.8, 4) is 6.07 Å². The van der Waals surface area contributed by atoms with Crippen LogP contribution in [-0.4, -0.2) is 5.78 Å². The summed E-state index contributed by atoms with van der Waals surface area (Å²) in [6.07, 6.45) is 2.44. The monoisotopic (exact) mass is 149 g/mol. The SMILES string of the molecule is C[C@]12CC(=O)[C@H](C[C@H]1C#N)C2. The molecule has 2 fully saturated rings. The fourth-order valence-corrected chi connectivity index (χ4v) is 2.55. The Morgan fingerprint density at radius 1 is 1.73 bits per heavy atom. The Kier molecular flexibility index (Phi) is 1.15. The molecule has 2 aliphatic rings. The standard InChI is InChI=1S/C9H11NO/c1-9-3-6(8(11)4-9)2-7(9)5-10/h6-7H,2-4H2,1H3/t6-,7+,9+/m1/s1. The molecule has 0 amide bonds. The van der Waals surface area contributed by atoms with Gasteiger partial charge >= 0.3 is 0 Å². The maximum absolute atomic E-state index is 11.2. The van der Waals surface area contributed by atoms with Gasteiger partial charge in [-0.1, -0.05) is 6.92 Å². The molecular formula is C9H11NO. The zero-order chi connectivity index (χ0) is 8.06. The molecule has 11 heavy (non-hydrogen) atoms. The van der Waals surface area contributed by atoms with Gasteiger partial charge in [0.1, 0.15) is 5.78 Å². The summed E-state index contributed by atoms with van der Waals surface area (Å²) in [7, 11) is 0. The number of Topliss-reactive ketones (excluding diaryl/α,β-unsaturated/α-hetero) is 1. The average molecular weight is 149 g/mol. The largest absolute Gasteiger partial charge is 0.299 e. The highest BCUT2D eigenvalue weighted by Gasteiger charge is 2.53. The van der Waals surface area contributed by atoms with Crippen LogP contribution in [0.3, 0.4) is 0 Å². The molecule has 0 aromatic rings. The van der Waals surface area contributed by atoms with E-state index in [9.17, 15) is 4.79 Å². The smallest absolute Gasteiger partial charge is 0.136 e. The molecular weight excluding hydrogens is 138 g/mol. The minimum atomic E-state index is 0.0382. The second kappa shape index (κ2) is 1.85. The summed E-state index contributed by atoms with van der Waals surface area (Å²) in [5.74, 6) is 0.758. The Labute approximate surface area is 66.2 Å². The molecule has 2 saturated carbocycles. The summed E-state index contributed by atoms with van der Waals surface area (Å²) >= 11 is 0. The molecule has 2 aliphatic carbocycles. The molecule has 2 nitrogen and oxygen atoms in total. The summed E-state index contributed by atoms with van der Waals surface area (Å²) in [5, 5.41) is 8.78. The van der Waals surface area contributed by atoms with E-state index >= 15 is 0 Å². The van der Waals surface area contributed by atoms with Gasteiger partial charge in [0, 0.05) is 12.3 Å². The molecule has 0 heterocycles. The van der Waals surface area contributed by atoms with Crippen LogP contribution in [0.15, 0.2) is 0 Å². The first-order valence-electron chi connectivity index (χ1n) is 4.08. The van der Waals surface area contributed by atoms with E-state index in [0.29, 0.717) is 12.2 Å². The van der Waals surface area contributed by atoms with Crippen LogP contribution in [0.2, 0.25) is 0 Å². The first-order valence-corrected chi connectivity index (χ1v) is 4.08. The molecule has 3 atom stereocenters.